The molecule has 2 aromatic rings. The van der Waals surface area contributed by atoms with Crippen molar-refractivity contribution in [2.24, 2.45) is 0 Å². The van der Waals surface area contributed by atoms with Gasteiger partial charge in [0.05, 0.1) is 11.2 Å². The maximum absolute atomic E-state index is 6.07. The number of hydrogen-bond donors (Lipinski definition) is 0. The molecule has 0 bridgehead atoms. The lowest BCUT2D eigenvalue weighted by Crippen LogP contribution is -2.41. The molecular formula is C16H19BN2O2. The Hall–Kier alpha value is -1.72. The van der Waals surface area contributed by atoms with Gasteiger partial charge in [-0.1, -0.05) is 6.07 Å². The standard InChI is InChI=1S/C16H19BN2O2/c1-15(2)16(3,4)21-17(20-15)14-9-13(10-19-11-14)12-5-7-18-8-6-12/h5-11H,1-4H3. The van der Waals surface area contributed by atoms with Crippen LogP contribution >= 0.6 is 0 Å². The molecule has 0 unspecified atom stereocenters. The predicted molar refractivity (Wildman–Crippen MR) is 83.2 cm³/mol. The molecule has 3 heterocycles. The van der Waals surface area contributed by atoms with Gasteiger partial charge in [-0.05, 0) is 51.0 Å². The van der Waals surface area contributed by atoms with Gasteiger partial charge in [0.2, 0.25) is 0 Å². The molecule has 2 aromatic heterocycles. The van der Waals surface area contributed by atoms with E-state index in [-0.39, 0.29) is 18.3 Å². The van der Waals surface area contributed by atoms with Crippen LogP contribution < -0.4 is 5.46 Å². The summed E-state index contributed by atoms with van der Waals surface area (Å²) >= 11 is 0. The summed E-state index contributed by atoms with van der Waals surface area (Å²) in [5, 5.41) is 0. The van der Waals surface area contributed by atoms with Gasteiger partial charge in [-0.15, -0.1) is 0 Å². The summed E-state index contributed by atoms with van der Waals surface area (Å²) in [6, 6.07) is 5.99. The van der Waals surface area contributed by atoms with Crippen LogP contribution in [0.3, 0.4) is 0 Å². The fourth-order valence-corrected chi connectivity index (χ4v) is 2.27. The van der Waals surface area contributed by atoms with E-state index in [1.807, 2.05) is 46.0 Å². The van der Waals surface area contributed by atoms with Crippen molar-refractivity contribution in [3.05, 3.63) is 43.0 Å². The first-order valence-corrected chi connectivity index (χ1v) is 7.10. The normalized spacial score (nSPS) is 19.7. The second-order valence-electron chi connectivity index (χ2n) is 6.33. The van der Waals surface area contributed by atoms with Crippen LogP contribution in [-0.4, -0.2) is 28.3 Å². The third kappa shape index (κ3) is 2.59. The number of hydrogen-bond acceptors (Lipinski definition) is 4. The fourth-order valence-electron chi connectivity index (χ4n) is 2.27. The summed E-state index contributed by atoms with van der Waals surface area (Å²) in [6.07, 6.45) is 7.19. The van der Waals surface area contributed by atoms with Crippen molar-refractivity contribution in [1.82, 2.24) is 9.97 Å². The highest BCUT2D eigenvalue weighted by atomic mass is 16.7. The van der Waals surface area contributed by atoms with Crippen LogP contribution in [0.1, 0.15) is 27.7 Å². The van der Waals surface area contributed by atoms with E-state index in [2.05, 4.69) is 16.0 Å². The van der Waals surface area contributed by atoms with E-state index in [1.165, 1.54) is 0 Å². The number of pyridine rings is 2. The minimum atomic E-state index is -0.385. The second kappa shape index (κ2) is 4.93. The smallest absolute Gasteiger partial charge is 0.399 e. The number of aromatic nitrogens is 2. The van der Waals surface area contributed by atoms with Crippen LogP contribution in [0.5, 0.6) is 0 Å². The molecule has 0 radical (unpaired) electrons. The summed E-state index contributed by atoms with van der Waals surface area (Å²) in [5.41, 5.74) is 2.36. The maximum Gasteiger partial charge on any atom is 0.496 e. The summed E-state index contributed by atoms with van der Waals surface area (Å²) < 4.78 is 12.1. The first kappa shape index (κ1) is 14.2. The highest BCUT2D eigenvalue weighted by Crippen LogP contribution is 2.36. The van der Waals surface area contributed by atoms with Gasteiger partial charge in [0.25, 0.3) is 0 Å². The first-order valence-electron chi connectivity index (χ1n) is 7.10. The van der Waals surface area contributed by atoms with Crippen LogP contribution in [0.25, 0.3) is 11.1 Å². The number of rotatable bonds is 2. The Morgan fingerprint density at radius 2 is 1.48 bits per heavy atom. The summed E-state index contributed by atoms with van der Waals surface area (Å²) in [4.78, 5) is 8.36. The summed E-state index contributed by atoms with van der Waals surface area (Å²) in [5.74, 6) is 0. The van der Waals surface area contributed by atoms with Crippen molar-refractivity contribution >= 4 is 12.6 Å². The van der Waals surface area contributed by atoms with Gasteiger partial charge in [-0.25, -0.2) is 0 Å². The summed E-state index contributed by atoms with van der Waals surface area (Å²) in [6.45, 7) is 8.20. The van der Waals surface area contributed by atoms with Crippen molar-refractivity contribution in [3.8, 4) is 11.1 Å². The maximum atomic E-state index is 6.07. The minimum Gasteiger partial charge on any atom is -0.399 e. The molecular weight excluding hydrogens is 263 g/mol. The summed E-state index contributed by atoms with van der Waals surface area (Å²) in [7, 11) is -0.385. The molecule has 21 heavy (non-hydrogen) atoms. The molecule has 0 N–H and O–H groups in total. The van der Waals surface area contributed by atoms with Gasteiger partial charge in [0.15, 0.2) is 0 Å². The van der Waals surface area contributed by atoms with Gasteiger partial charge in [0, 0.05) is 30.3 Å². The van der Waals surface area contributed by atoms with Crippen LogP contribution in [0.4, 0.5) is 0 Å². The van der Waals surface area contributed by atoms with Gasteiger partial charge < -0.3 is 9.31 Å². The number of nitrogens with zero attached hydrogens (tertiary/aromatic N) is 2. The van der Waals surface area contributed by atoms with Gasteiger partial charge >= 0.3 is 7.12 Å². The zero-order chi connectivity index (χ0) is 15.1. The lowest BCUT2D eigenvalue weighted by Gasteiger charge is -2.32. The zero-order valence-corrected chi connectivity index (χ0v) is 12.8. The minimum absolute atomic E-state index is 0.343. The average Bonchev–Trinajstić information content (AvgIpc) is 2.69. The third-order valence-electron chi connectivity index (χ3n) is 4.30. The van der Waals surface area contributed by atoms with Crippen molar-refractivity contribution in [1.29, 1.82) is 0 Å². The van der Waals surface area contributed by atoms with Crippen molar-refractivity contribution in [3.63, 3.8) is 0 Å². The van der Waals surface area contributed by atoms with E-state index in [0.717, 1.165) is 16.6 Å². The Labute approximate surface area is 125 Å². The largest absolute Gasteiger partial charge is 0.496 e. The first-order chi connectivity index (χ1) is 9.89. The second-order valence-corrected chi connectivity index (χ2v) is 6.33. The lowest BCUT2D eigenvalue weighted by atomic mass is 9.79. The SMILES string of the molecule is CC1(C)OB(c2cncc(-c3ccncc3)c2)OC1(C)C. The molecule has 0 aromatic carbocycles. The van der Waals surface area contributed by atoms with Gasteiger partial charge in [-0.3, -0.25) is 9.97 Å². The quantitative estimate of drug-likeness (QED) is 0.794. The van der Waals surface area contributed by atoms with Crippen molar-refractivity contribution in [2.75, 3.05) is 0 Å². The molecule has 0 amide bonds. The Bertz CT molecular complexity index is 628. The monoisotopic (exact) mass is 282 g/mol. The van der Waals surface area contributed by atoms with E-state index in [9.17, 15) is 0 Å². The molecule has 3 rings (SSSR count). The Balaban J connectivity index is 1.92. The van der Waals surface area contributed by atoms with E-state index in [4.69, 9.17) is 9.31 Å². The van der Waals surface area contributed by atoms with E-state index in [1.54, 1.807) is 18.6 Å². The van der Waals surface area contributed by atoms with Crippen LogP contribution in [0.2, 0.25) is 0 Å². The van der Waals surface area contributed by atoms with E-state index < -0.39 is 0 Å². The molecule has 1 aliphatic heterocycles. The van der Waals surface area contributed by atoms with Crippen LogP contribution in [-0.2, 0) is 9.31 Å². The molecule has 5 heteroatoms. The molecule has 1 saturated heterocycles. The molecule has 0 saturated carbocycles. The lowest BCUT2D eigenvalue weighted by molar-refractivity contribution is 0.00578. The molecule has 0 spiro atoms. The zero-order valence-electron chi connectivity index (χ0n) is 12.8. The third-order valence-corrected chi connectivity index (χ3v) is 4.30. The Morgan fingerprint density at radius 3 is 2.10 bits per heavy atom. The predicted octanol–water partition coefficient (Wildman–Crippen LogP) is 2.44. The van der Waals surface area contributed by atoms with E-state index >= 15 is 0 Å². The molecule has 1 fully saturated rings. The molecule has 4 nitrogen and oxygen atoms in total. The Morgan fingerprint density at radius 1 is 0.857 bits per heavy atom. The van der Waals surface area contributed by atoms with Crippen LogP contribution in [0.15, 0.2) is 43.0 Å². The van der Waals surface area contributed by atoms with Crippen molar-refractivity contribution < 1.29 is 9.31 Å². The average molecular weight is 282 g/mol. The van der Waals surface area contributed by atoms with E-state index in [0.29, 0.717) is 0 Å². The van der Waals surface area contributed by atoms with Crippen molar-refractivity contribution in [2.45, 2.75) is 38.9 Å². The molecule has 1 aliphatic rings. The topological polar surface area (TPSA) is 44.2 Å². The highest BCUT2D eigenvalue weighted by molar-refractivity contribution is 6.62. The van der Waals surface area contributed by atoms with Crippen LogP contribution in [0, 0.1) is 0 Å². The Kier molecular flexibility index (Phi) is 3.34. The van der Waals surface area contributed by atoms with Gasteiger partial charge in [0.1, 0.15) is 0 Å². The van der Waals surface area contributed by atoms with Gasteiger partial charge in [-0.2, -0.15) is 0 Å². The molecule has 0 atom stereocenters. The fraction of sp³-hybridized carbons (Fsp3) is 0.375. The highest BCUT2D eigenvalue weighted by Gasteiger charge is 2.51. The molecule has 108 valence electrons. The molecule has 0 aliphatic carbocycles.